The summed E-state index contributed by atoms with van der Waals surface area (Å²) in [4.78, 5) is 4.12. The third-order valence-electron chi connectivity index (χ3n) is 3.60. The summed E-state index contributed by atoms with van der Waals surface area (Å²) in [7, 11) is 0. The van der Waals surface area contributed by atoms with Crippen LogP contribution in [0.15, 0.2) is 24.4 Å². The van der Waals surface area contributed by atoms with Gasteiger partial charge in [-0.05, 0) is 37.0 Å². The Balaban J connectivity index is 1.95. The van der Waals surface area contributed by atoms with Crippen LogP contribution in [0.4, 0.5) is 19.1 Å². The highest BCUT2D eigenvalue weighted by Crippen LogP contribution is 2.39. The Morgan fingerprint density at radius 2 is 2.15 bits per heavy atom. The minimum atomic E-state index is -4.12. The fraction of sp³-hybridized carbons (Fsp3) is 0.385. The van der Waals surface area contributed by atoms with E-state index in [0.717, 1.165) is 11.1 Å². The number of nitrogens with zero attached hydrogens (tertiary/aromatic N) is 3. The number of anilines is 1. The molecule has 0 fully saturated rings. The third-order valence-corrected chi connectivity index (χ3v) is 3.60. The fourth-order valence-electron chi connectivity index (χ4n) is 2.55. The number of alkyl halides is 3. The van der Waals surface area contributed by atoms with Crippen LogP contribution in [-0.2, 0) is 0 Å². The molecule has 2 aromatic rings. The average Bonchev–Trinajstić information content (AvgIpc) is 2.78. The minimum Gasteiger partial charge on any atom is -0.366 e. The molecule has 0 spiro atoms. The largest absolute Gasteiger partial charge is 0.392 e. The van der Waals surface area contributed by atoms with Crippen LogP contribution in [0.25, 0.3) is 11.2 Å². The van der Waals surface area contributed by atoms with Crippen molar-refractivity contribution in [2.75, 3.05) is 5.73 Å². The second kappa shape index (κ2) is 4.50. The lowest BCUT2D eigenvalue weighted by Gasteiger charge is -2.24. The van der Waals surface area contributed by atoms with Gasteiger partial charge in [0.25, 0.3) is 0 Å². The van der Waals surface area contributed by atoms with E-state index in [1.54, 1.807) is 22.9 Å². The average molecular weight is 282 g/mol. The van der Waals surface area contributed by atoms with E-state index in [1.807, 2.05) is 6.07 Å². The first-order chi connectivity index (χ1) is 9.45. The summed E-state index contributed by atoms with van der Waals surface area (Å²) in [6, 6.07) is 3.62. The van der Waals surface area contributed by atoms with Crippen LogP contribution in [0.1, 0.15) is 24.8 Å². The molecule has 0 aliphatic heterocycles. The Morgan fingerprint density at radius 1 is 1.35 bits per heavy atom. The number of aromatic nitrogens is 3. The van der Waals surface area contributed by atoms with Crippen LogP contribution >= 0.6 is 0 Å². The van der Waals surface area contributed by atoms with E-state index in [1.165, 1.54) is 0 Å². The molecule has 3 rings (SSSR count). The molecule has 2 heterocycles. The van der Waals surface area contributed by atoms with Gasteiger partial charge in [-0.2, -0.15) is 18.2 Å². The maximum Gasteiger partial charge on any atom is 0.392 e. The quantitative estimate of drug-likeness (QED) is 0.874. The van der Waals surface area contributed by atoms with E-state index in [9.17, 15) is 13.2 Å². The molecule has 0 aromatic carbocycles. The number of nitrogens with two attached hydrogens (primary N) is 1. The van der Waals surface area contributed by atoms with E-state index >= 15 is 0 Å². The monoisotopic (exact) mass is 282 g/mol. The van der Waals surface area contributed by atoms with Crippen molar-refractivity contribution in [3.05, 3.63) is 30.0 Å². The predicted molar refractivity (Wildman–Crippen MR) is 68.8 cm³/mol. The van der Waals surface area contributed by atoms with Crippen LogP contribution in [-0.4, -0.2) is 20.8 Å². The summed E-state index contributed by atoms with van der Waals surface area (Å²) >= 11 is 0. The first-order valence-corrected chi connectivity index (χ1v) is 6.32. The Labute approximate surface area is 113 Å². The van der Waals surface area contributed by atoms with Crippen molar-refractivity contribution in [1.29, 1.82) is 0 Å². The Morgan fingerprint density at radius 3 is 2.80 bits per heavy atom. The Hall–Kier alpha value is -2.05. The van der Waals surface area contributed by atoms with E-state index in [4.69, 9.17) is 5.73 Å². The van der Waals surface area contributed by atoms with Crippen LogP contribution < -0.4 is 5.73 Å². The number of hydrogen-bond acceptors (Lipinski definition) is 3. The molecule has 4 nitrogen and oxygen atoms in total. The lowest BCUT2D eigenvalue weighted by Crippen LogP contribution is -2.24. The number of nitrogen functional groups attached to an aromatic ring is 1. The minimum absolute atomic E-state index is 0.0174. The van der Waals surface area contributed by atoms with Gasteiger partial charge in [0.2, 0.25) is 5.95 Å². The molecule has 20 heavy (non-hydrogen) atoms. The summed E-state index contributed by atoms with van der Waals surface area (Å²) in [6.45, 7) is 0. The molecule has 1 aliphatic rings. The van der Waals surface area contributed by atoms with Crippen molar-refractivity contribution >= 4 is 17.2 Å². The normalized spacial score (nSPS) is 20.1. The maximum atomic E-state index is 12.7. The summed E-state index contributed by atoms with van der Waals surface area (Å²) in [5.41, 5.74) is 7.82. The van der Waals surface area contributed by atoms with E-state index in [2.05, 4.69) is 10.1 Å². The molecule has 2 aromatic heterocycles. The number of hydrogen-bond donors (Lipinski definition) is 1. The van der Waals surface area contributed by atoms with Crippen molar-refractivity contribution in [3.8, 4) is 0 Å². The lowest BCUT2D eigenvalue weighted by atomic mass is 9.86. The van der Waals surface area contributed by atoms with Crippen LogP contribution in [0, 0.1) is 5.92 Å². The fourth-order valence-corrected chi connectivity index (χ4v) is 2.55. The van der Waals surface area contributed by atoms with Gasteiger partial charge in [0.1, 0.15) is 0 Å². The second-order valence-corrected chi connectivity index (χ2v) is 4.90. The van der Waals surface area contributed by atoms with Gasteiger partial charge in [-0.15, -0.1) is 5.10 Å². The van der Waals surface area contributed by atoms with Gasteiger partial charge in [-0.25, -0.2) is 4.52 Å². The molecule has 0 saturated heterocycles. The molecule has 0 bridgehead atoms. The Kier molecular flexibility index (Phi) is 2.92. The molecule has 7 heteroatoms. The molecular weight excluding hydrogens is 269 g/mol. The molecule has 0 amide bonds. The van der Waals surface area contributed by atoms with Gasteiger partial charge < -0.3 is 5.73 Å². The van der Waals surface area contributed by atoms with Gasteiger partial charge >= 0.3 is 6.18 Å². The third kappa shape index (κ3) is 2.23. The summed E-state index contributed by atoms with van der Waals surface area (Å²) in [6.07, 6.45) is -0.237. The highest BCUT2D eigenvalue weighted by atomic mass is 19.4. The zero-order valence-electron chi connectivity index (χ0n) is 10.6. The lowest BCUT2D eigenvalue weighted by molar-refractivity contribution is -0.175. The molecule has 1 aliphatic carbocycles. The second-order valence-electron chi connectivity index (χ2n) is 4.90. The highest BCUT2D eigenvalue weighted by molar-refractivity contribution is 5.76. The van der Waals surface area contributed by atoms with Crippen molar-refractivity contribution < 1.29 is 13.2 Å². The van der Waals surface area contributed by atoms with Gasteiger partial charge in [0, 0.05) is 11.8 Å². The predicted octanol–water partition coefficient (Wildman–Crippen LogP) is 3.06. The Bertz CT molecular complexity index is 672. The summed E-state index contributed by atoms with van der Waals surface area (Å²) in [5.74, 6) is -1.09. The highest BCUT2D eigenvalue weighted by Gasteiger charge is 2.39. The zero-order valence-corrected chi connectivity index (χ0v) is 10.6. The first kappa shape index (κ1) is 13.0. The van der Waals surface area contributed by atoms with Gasteiger partial charge in [-0.1, -0.05) is 6.08 Å². The zero-order chi connectivity index (χ0) is 14.3. The molecule has 1 unspecified atom stereocenters. The maximum absolute atomic E-state index is 12.7. The first-order valence-electron chi connectivity index (χ1n) is 6.32. The number of rotatable bonds is 1. The van der Waals surface area contributed by atoms with Gasteiger partial charge in [0.05, 0.1) is 5.92 Å². The van der Waals surface area contributed by atoms with Crippen molar-refractivity contribution in [2.45, 2.75) is 25.4 Å². The SMILES string of the molecule is Nc1nc2c(C3=CCC(C(F)(F)F)CC3)cccn2n1. The van der Waals surface area contributed by atoms with Gasteiger partial charge in [0.15, 0.2) is 5.65 Å². The number of fused-ring (bicyclic) bond motifs is 1. The van der Waals surface area contributed by atoms with Crippen LogP contribution in [0.3, 0.4) is 0 Å². The molecular formula is C13H13F3N4. The van der Waals surface area contributed by atoms with E-state index in [0.29, 0.717) is 12.1 Å². The standard InChI is InChI=1S/C13H13F3N4/c14-13(15,16)9-5-3-8(4-6-9)10-2-1-7-20-11(10)18-12(17)19-20/h1-3,7,9H,4-6H2,(H2,17,19). The molecule has 106 valence electrons. The van der Waals surface area contributed by atoms with E-state index < -0.39 is 12.1 Å². The van der Waals surface area contributed by atoms with Crippen molar-refractivity contribution in [2.24, 2.45) is 5.92 Å². The van der Waals surface area contributed by atoms with Crippen molar-refractivity contribution in [1.82, 2.24) is 14.6 Å². The number of halogens is 3. The molecule has 0 radical (unpaired) electrons. The molecule has 2 N–H and O–H groups in total. The van der Waals surface area contributed by atoms with Crippen molar-refractivity contribution in [3.63, 3.8) is 0 Å². The van der Waals surface area contributed by atoms with Crippen LogP contribution in [0.5, 0.6) is 0 Å². The van der Waals surface area contributed by atoms with E-state index in [-0.39, 0.29) is 18.8 Å². The molecule has 1 atom stereocenters. The number of allylic oxidation sites excluding steroid dienone is 2. The smallest absolute Gasteiger partial charge is 0.366 e. The van der Waals surface area contributed by atoms with Crippen LogP contribution in [0.2, 0.25) is 0 Å². The molecule has 0 saturated carbocycles. The summed E-state index contributed by atoms with van der Waals surface area (Å²) in [5, 5.41) is 4.00. The number of pyridine rings is 1. The summed E-state index contributed by atoms with van der Waals surface area (Å²) < 4.78 is 39.5. The van der Waals surface area contributed by atoms with Gasteiger partial charge in [-0.3, -0.25) is 0 Å². The topological polar surface area (TPSA) is 56.2 Å².